The Balaban J connectivity index is 1.57. The van der Waals surface area contributed by atoms with Gasteiger partial charge >= 0.3 is 0 Å². The van der Waals surface area contributed by atoms with E-state index in [-0.39, 0.29) is 5.82 Å². The van der Waals surface area contributed by atoms with E-state index in [0.717, 1.165) is 24.6 Å². The first-order chi connectivity index (χ1) is 10.7. The van der Waals surface area contributed by atoms with Crippen LogP contribution in [0.3, 0.4) is 0 Å². The first kappa shape index (κ1) is 14.3. The Kier molecular flexibility index (Phi) is 4.18. The van der Waals surface area contributed by atoms with Gasteiger partial charge in [0.1, 0.15) is 11.6 Å². The molecule has 0 saturated heterocycles. The molecule has 22 heavy (non-hydrogen) atoms. The topological polar surface area (TPSA) is 49.8 Å². The fourth-order valence-electron chi connectivity index (χ4n) is 2.10. The number of nitrogens with zero attached hydrogens (tertiary/aromatic N) is 3. The van der Waals surface area contributed by atoms with Gasteiger partial charge in [-0.15, -0.1) is 0 Å². The fourth-order valence-corrected chi connectivity index (χ4v) is 2.10. The molecule has 0 atom stereocenters. The summed E-state index contributed by atoms with van der Waals surface area (Å²) in [5.74, 6) is 1.65. The van der Waals surface area contributed by atoms with Crippen LogP contribution in [0, 0.1) is 5.82 Å². The number of hydrogen-bond donors (Lipinski definition) is 1. The van der Waals surface area contributed by atoms with Crippen LogP contribution in [0.25, 0.3) is 0 Å². The highest BCUT2D eigenvalue weighted by atomic mass is 19.1. The van der Waals surface area contributed by atoms with Crippen molar-refractivity contribution in [1.29, 1.82) is 0 Å². The van der Waals surface area contributed by atoms with Gasteiger partial charge < -0.3 is 15.0 Å². The number of likely N-dealkylation sites (N-methyl/N-ethyl adjacent to an activating group) is 1. The van der Waals surface area contributed by atoms with Crippen molar-refractivity contribution in [3.8, 4) is 11.6 Å². The van der Waals surface area contributed by atoms with Crippen molar-refractivity contribution in [2.45, 2.75) is 6.54 Å². The number of aliphatic imine (C=N–C) groups is 1. The zero-order valence-corrected chi connectivity index (χ0v) is 12.3. The van der Waals surface area contributed by atoms with Gasteiger partial charge in [-0.1, -0.05) is 6.07 Å². The summed E-state index contributed by atoms with van der Waals surface area (Å²) < 4.78 is 18.4. The summed E-state index contributed by atoms with van der Waals surface area (Å²) in [5, 5.41) is 3.28. The Morgan fingerprint density at radius 2 is 2.05 bits per heavy atom. The molecule has 0 radical (unpaired) electrons. The average molecular weight is 300 g/mol. The zero-order valence-electron chi connectivity index (χ0n) is 12.3. The van der Waals surface area contributed by atoms with Gasteiger partial charge in [0.25, 0.3) is 0 Å². The van der Waals surface area contributed by atoms with E-state index in [1.807, 2.05) is 13.1 Å². The molecular formula is C16H17FN4O. The van der Waals surface area contributed by atoms with Crippen molar-refractivity contribution in [1.82, 2.24) is 15.2 Å². The number of guanidine groups is 1. The highest BCUT2D eigenvalue weighted by Crippen LogP contribution is 2.19. The minimum Gasteiger partial charge on any atom is -0.439 e. The third-order valence-corrected chi connectivity index (χ3v) is 3.34. The Bertz CT molecular complexity index is 655. The Labute approximate surface area is 128 Å². The molecular weight excluding hydrogens is 283 g/mol. The van der Waals surface area contributed by atoms with E-state index in [1.165, 1.54) is 12.1 Å². The van der Waals surface area contributed by atoms with Gasteiger partial charge in [0.05, 0.1) is 6.54 Å². The minimum absolute atomic E-state index is 0.290. The maximum absolute atomic E-state index is 12.8. The van der Waals surface area contributed by atoms with Crippen molar-refractivity contribution in [3.05, 3.63) is 54.0 Å². The first-order valence-corrected chi connectivity index (χ1v) is 7.08. The van der Waals surface area contributed by atoms with E-state index in [1.54, 1.807) is 24.4 Å². The van der Waals surface area contributed by atoms with E-state index in [9.17, 15) is 4.39 Å². The van der Waals surface area contributed by atoms with Crippen LogP contribution in [-0.2, 0) is 6.54 Å². The van der Waals surface area contributed by atoms with Crippen LogP contribution in [0.5, 0.6) is 11.6 Å². The van der Waals surface area contributed by atoms with Gasteiger partial charge in [0.15, 0.2) is 5.96 Å². The monoisotopic (exact) mass is 300 g/mol. The van der Waals surface area contributed by atoms with Gasteiger partial charge in [-0.2, -0.15) is 0 Å². The zero-order chi connectivity index (χ0) is 15.4. The lowest BCUT2D eigenvalue weighted by molar-refractivity contribution is 0.460. The quantitative estimate of drug-likeness (QED) is 0.942. The number of rotatable bonds is 4. The molecule has 1 aromatic heterocycles. The molecule has 2 aromatic rings. The molecule has 0 bridgehead atoms. The third-order valence-electron chi connectivity index (χ3n) is 3.34. The summed E-state index contributed by atoms with van der Waals surface area (Å²) in [5.41, 5.74) is 1.04. The maximum Gasteiger partial charge on any atom is 0.219 e. The van der Waals surface area contributed by atoms with Crippen molar-refractivity contribution in [2.24, 2.45) is 4.99 Å². The summed E-state index contributed by atoms with van der Waals surface area (Å²) in [6.07, 6.45) is 1.75. The molecule has 0 amide bonds. The number of ether oxygens (including phenoxy) is 1. The number of aromatic nitrogens is 1. The molecule has 3 rings (SSSR count). The van der Waals surface area contributed by atoms with Crippen LogP contribution in [0.1, 0.15) is 5.56 Å². The summed E-state index contributed by atoms with van der Waals surface area (Å²) in [6, 6.07) is 9.58. The smallest absolute Gasteiger partial charge is 0.219 e. The van der Waals surface area contributed by atoms with Crippen LogP contribution in [-0.4, -0.2) is 36.0 Å². The molecule has 2 heterocycles. The van der Waals surface area contributed by atoms with Crippen molar-refractivity contribution >= 4 is 5.96 Å². The maximum atomic E-state index is 12.8. The van der Waals surface area contributed by atoms with Gasteiger partial charge in [-0.25, -0.2) is 9.37 Å². The molecule has 6 heteroatoms. The summed E-state index contributed by atoms with van der Waals surface area (Å²) >= 11 is 0. The number of benzene rings is 1. The molecule has 5 nitrogen and oxygen atoms in total. The molecule has 0 saturated carbocycles. The van der Waals surface area contributed by atoms with Gasteiger partial charge in [0.2, 0.25) is 5.88 Å². The lowest BCUT2D eigenvalue weighted by atomic mass is 10.3. The van der Waals surface area contributed by atoms with Crippen LogP contribution in [0.2, 0.25) is 0 Å². The lowest BCUT2D eigenvalue weighted by Gasteiger charge is -2.15. The van der Waals surface area contributed by atoms with Crippen molar-refractivity contribution < 1.29 is 9.13 Å². The van der Waals surface area contributed by atoms with E-state index < -0.39 is 0 Å². The minimum atomic E-state index is -0.290. The number of pyridine rings is 1. The third kappa shape index (κ3) is 3.52. The lowest BCUT2D eigenvalue weighted by Crippen LogP contribution is -2.35. The Hall–Kier alpha value is -2.63. The van der Waals surface area contributed by atoms with Crippen LogP contribution in [0.15, 0.2) is 47.6 Å². The molecule has 1 aromatic carbocycles. The molecule has 1 aliphatic heterocycles. The number of hydrogen-bond acceptors (Lipinski definition) is 5. The van der Waals surface area contributed by atoms with Crippen LogP contribution >= 0.6 is 0 Å². The van der Waals surface area contributed by atoms with E-state index >= 15 is 0 Å². The van der Waals surface area contributed by atoms with E-state index in [0.29, 0.717) is 18.2 Å². The van der Waals surface area contributed by atoms with Gasteiger partial charge in [-0.05, 0) is 29.8 Å². The molecule has 1 N–H and O–H groups in total. The van der Waals surface area contributed by atoms with Crippen molar-refractivity contribution in [3.63, 3.8) is 0 Å². The predicted molar refractivity (Wildman–Crippen MR) is 82.5 cm³/mol. The molecule has 1 aliphatic rings. The predicted octanol–water partition coefficient (Wildman–Crippen LogP) is 2.40. The number of nitrogens with one attached hydrogen (secondary N) is 1. The number of halogens is 1. The fraction of sp³-hybridized carbons (Fsp3) is 0.250. The Morgan fingerprint density at radius 1 is 1.23 bits per heavy atom. The second-order valence-corrected chi connectivity index (χ2v) is 5.04. The average Bonchev–Trinajstić information content (AvgIpc) is 2.94. The van der Waals surface area contributed by atoms with Gasteiger partial charge in [0, 0.05) is 32.4 Å². The van der Waals surface area contributed by atoms with Crippen molar-refractivity contribution in [2.75, 3.05) is 20.1 Å². The largest absolute Gasteiger partial charge is 0.439 e. The van der Waals surface area contributed by atoms with Gasteiger partial charge in [-0.3, -0.25) is 4.99 Å². The summed E-state index contributed by atoms with van der Waals surface area (Å²) in [6.45, 7) is 2.44. The molecule has 114 valence electrons. The molecule has 0 fully saturated rings. The highest BCUT2D eigenvalue weighted by Gasteiger charge is 2.11. The second-order valence-electron chi connectivity index (χ2n) is 5.04. The normalized spacial score (nSPS) is 13.9. The van der Waals surface area contributed by atoms with E-state index in [2.05, 4.69) is 20.2 Å². The van der Waals surface area contributed by atoms with Crippen LogP contribution < -0.4 is 10.1 Å². The standard InChI is InChI=1S/C16H17FN4O/c1-21-9-8-18-16(21)20-11-12-2-7-15(19-10-12)22-14-5-3-13(17)4-6-14/h2-7,10H,8-9,11H2,1H3,(H,18,20). The molecule has 0 unspecified atom stereocenters. The van der Waals surface area contributed by atoms with Crippen LogP contribution in [0.4, 0.5) is 4.39 Å². The highest BCUT2D eigenvalue weighted by molar-refractivity contribution is 5.81. The molecule has 0 spiro atoms. The van der Waals surface area contributed by atoms with E-state index in [4.69, 9.17) is 4.74 Å². The summed E-state index contributed by atoms with van der Waals surface area (Å²) in [7, 11) is 2.01. The Morgan fingerprint density at radius 3 is 2.68 bits per heavy atom. The summed E-state index contributed by atoms with van der Waals surface area (Å²) in [4.78, 5) is 10.7. The second kappa shape index (κ2) is 6.43. The molecule has 0 aliphatic carbocycles. The SMILES string of the molecule is CN1CCN=C1NCc1ccc(Oc2ccc(F)cc2)nc1. The first-order valence-electron chi connectivity index (χ1n) is 7.08.